The van der Waals surface area contributed by atoms with E-state index in [1.165, 1.54) is 11.8 Å². The highest BCUT2D eigenvalue weighted by atomic mass is 35.5. The van der Waals surface area contributed by atoms with E-state index in [1.807, 2.05) is 61.5 Å². The quantitative estimate of drug-likeness (QED) is 0.536. The number of ether oxygens (including phenoxy) is 1. The average Bonchev–Trinajstić information content (AvgIpc) is 3.12. The van der Waals surface area contributed by atoms with E-state index in [0.29, 0.717) is 16.5 Å². The monoisotopic (exact) mass is 417 g/mol. The van der Waals surface area contributed by atoms with Crippen LogP contribution in [-0.2, 0) is 20.1 Å². The Hall–Kier alpha value is -2.44. The standard InChI is InChI=1S/C21H20ClNO4S/c1-14(19-10-15-6-3-5-9-18(15)27-19)23-20(24)11-26-21(25)13-28-12-16-7-2-4-8-17(16)22/h2-10,14H,11-13H2,1H3,(H,23,24)/t14-/m0/s1. The molecule has 1 atom stereocenters. The fraction of sp³-hybridized carbons (Fsp3) is 0.238. The molecule has 0 spiro atoms. The van der Waals surface area contributed by atoms with E-state index in [4.69, 9.17) is 20.8 Å². The molecule has 0 aliphatic carbocycles. The third kappa shape index (κ3) is 5.53. The van der Waals surface area contributed by atoms with Gasteiger partial charge >= 0.3 is 5.97 Å². The highest BCUT2D eigenvalue weighted by molar-refractivity contribution is 7.99. The Morgan fingerprint density at radius 1 is 1.18 bits per heavy atom. The number of fused-ring (bicyclic) bond motifs is 1. The molecule has 1 aromatic heterocycles. The number of halogens is 1. The summed E-state index contributed by atoms with van der Waals surface area (Å²) in [6.45, 7) is 1.49. The molecule has 28 heavy (non-hydrogen) atoms. The van der Waals surface area contributed by atoms with E-state index in [0.717, 1.165) is 16.5 Å². The molecule has 0 saturated carbocycles. The number of nitrogens with one attached hydrogen (secondary N) is 1. The van der Waals surface area contributed by atoms with Crippen molar-refractivity contribution in [2.45, 2.75) is 18.7 Å². The largest absolute Gasteiger partial charge is 0.459 e. The van der Waals surface area contributed by atoms with Gasteiger partial charge in [-0.1, -0.05) is 48.0 Å². The lowest BCUT2D eigenvalue weighted by Gasteiger charge is -2.11. The van der Waals surface area contributed by atoms with Crippen LogP contribution in [0.2, 0.25) is 5.02 Å². The van der Waals surface area contributed by atoms with E-state index in [9.17, 15) is 9.59 Å². The van der Waals surface area contributed by atoms with E-state index in [-0.39, 0.29) is 24.3 Å². The van der Waals surface area contributed by atoms with Crippen molar-refractivity contribution in [1.82, 2.24) is 5.32 Å². The van der Waals surface area contributed by atoms with Gasteiger partial charge in [0.1, 0.15) is 11.3 Å². The van der Waals surface area contributed by atoms with Gasteiger partial charge in [-0.2, -0.15) is 0 Å². The number of hydrogen-bond acceptors (Lipinski definition) is 5. The van der Waals surface area contributed by atoms with Crippen LogP contribution in [0.4, 0.5) is 0 Å². The van der Waals surface area contributed by atoms with Crippen LogP contribution >= 0.6 is 23.4 Å². The van der Waals surface area contributed by atoms with Crippen molar-refractivity contribution in [3.8, 4) is 0 Å². The molecule has 1 N–H and O–H groups in total. The molecule has 7 heteroatoms. The van der Waals surface area contributed by atoms with Crippen LogP contribution in [0, 0.1) is 0 Å². The number of carbonyl (C=O) groups is 2. The maximum Gasteiger partial charge on any atom is 0.316 e. The predicted octanol–water partition coefficient (Wildman–Crippen LogP) is 4.74. The number of furan rings is 1. The minimum atomic E-state index is -0.441. The molecule has 3 rings (SSSR count). The molecule has 1 amide bonds. The van der Waals surface area contributed by atoms with Crippen molar-refractivity contribution in [2.75, 3.05) is 12.4 Å². The summed E-state index contributed by atoms with van der Waals surface area (Å²) in [5, 5.41) is 4.41. The van der Waals surface area contributed by atoms with Gasteiger partial charge in [-0.15, -0.1) is 11.8 Å². The van der Waals surface area contributed by atoms with Crippen LogP contribution in [0.1, 0.15) is 24.3 Å². The Morgan fingerprint density at radius 3 is 2.71 bits per heavy atom. The number of benzene rings is 2. The zero-order chi connectivity index (χ0) is 19.9. The van der Waals surface area contributed by atoms with Crippen molar-refractivity contribution in [3.63, 3.8) is 0 Å². The molecule has 0 bridgehead atoms. The number of amides is 1. The first kappa shape index (κ1) is 20.3. The van der Waals surface area contributed by atoms with Crippen molar-refractivity contribution in [1.29, 1.82) is 0 Å². The molecule has 146 valence electrons. The Labute approximate surface area is 172 Å². The molecule has 0 unspecified atom stereocenters. The van der Waals surface area contributed by atoms with Gasteiger partial charge in [0.2, 0.25) is 0 Å². The van der Waals surface area contributed by atoms with Gasteiger partial charge in [0.25, 0.3) is 5.91 Å². The lowest BCUT2D eigenvalue weighted by atomic mass is 10.2. The lowest BCUT2D eigenvalue weighted by Crippen LogP contribution is -2.31. The summed E-state index contributed by atoms with van der Waals surface area (Å²) >= 11 is 7.46. The SMILES string of the molecule is C[C@H](NC(=O)COC(=O)CSCc1ccccc1Cl)c1cc2ccccc2o1. The van der Waals surface area contributed by atoms with Gasteiger partial charge in [-0.25, -0.2) is 0 Å². The summed E-state index contributed by atoms with van der Waals surface area (Å²) in [6, 6.07) is 16.7. The minimum absolute atomic E-state index is 0.150. The molecular weight excluding hydrogens is 398 g/mol. The van der Waals surface area contributed by atoms with Crippen molar-refractivity contribution in [3.05, 3.63) is 70.9 Å². The number of carbonyl (C=O) groups excluding carboxylic acids is 2. The molecule has 0 radical (unpaired) electrons. The molecule has 0 aliphatic rings. The van der Waals surface area contributed by atoms with Gasteiger partial charge in [0.05, 0.1) is 11.8 Å². The predicted molar refractivity (Wildman–Crippen MR) is 111 cm³/mol. The zero-order valence-corrected chi connectivity index (χ0v) is 16.9. The second-order valence-electron chi connectivity index (χ2n) is 6.22. The van der Waals surface area contributed by atoms with E-state index in [2.05, 4.69) is 5.32 Å². The summed E-state index contributed by atoms with van der Waals surface area (Å²) in [5.74, 6) is 0.582. The van der Waals surface area contributed by atoms with Gasteiger partial charge < -0.3 is 14.5 Å². The fourth-order valence-corrected chi connectivity index (χ4v) is 3.72. The highest BCUT2D eigenvalue weighted by Gasteiger charge is 2.15. The summed E-state index contributed by atoms with van der Waals surface area (Å²) in [6.07, 6.45) is 0. The van der Waals surface area contributed by atoms with Crippen LogP contribution in [0.15, 0.2) is 59.0 Å². The summed E-state index contributed by atoms with van der Waals surface area (Å²) in [7, 11) is 0. The smallest absolute Gasteiger partial charge is 0.316 e. The molecule has 0 aliphatic heterocycles. The molecule has 3 aromatic rings. The van der Waals surface area contributed by atoms with Crippen molar-refractivity contribution < 1.29 is 18.7 Å². The summed E-state index contributed by atoms with van der Waals surface area (Å²) in [4.78, 5) is 23.9. The number of hydrogen-bond donors (Lipinski definition) is 1. The Bertz CT molecular complexity index is 939. The third-order valence-corrected chi connectivity index (χ3v) is 5.37. The fourth-order valence-electron chi connectivity index (χ4n) is 2.62. The lowest BCUT2D eigenvalue weighted by molar-refractivity contribution is -0.146. The first-order valence-corrected chi connectivity index (χ1v) is 10.3. The van der Waals surface area contributed by atoms with E-state index in [1.54, 1.807) is 0 Å². The van der Waals surface area contributed by atoms with Crippen LogP contribution in [-0.4, -0.2) is 24.2 Å². The van der Waals surface area contributed by atoms with E-state index >= 15 is 0 Å². The first-order valence-electron chi connectivity index (χ1n) is 8.77. The maximum atomic E-state index is 12.0. The second-order valence-corrected chi connectivity index (χ2v) is 7.61. The topological polar surface area (TPSA) is 68.5 Å². The first-order chi connectivity index (χ1) is 13.5. The summed E-state index contributed by atoms with van der Waals surface area (Å²) in [5.41, 5.74) is 1.72. The van der Waals surface area contributed by atoms with Gasteiger partial charge in [0.15, 0.2) is 6.61 Å². The van der Waals surface area contributed by atoms with Crippen LogP contribution in [0.25, 0.3) is 11.0 Å². The van der Waals surface area contributed by atoms with Gasteiger partial charge in [-0.3, -0.25) is 9.59 Å². The molecule has 5 nitrogen and oxygen atoms in total. The number of rotatable bonds is 8. The normalized spacial score (nSPS) is 11.9. The molecule has 0 saturated heterocycles. The van der Waals surface area contributed by atoms with E-state index < -0.39 is 5.97 Å². The number of thioether (sulfide) groups is 1. The minimum Gasteiger partial charge on any atom is -0.459 e. The molecule has 0 fully saturated rings. The van der Waals surface area contributed by atoms with Gasteiger partial charge in [-0.05, 0) is 30.7 Å². The third-order valence-electron chi connectivity index (χ3n) is 4.05. The zero-order valence-electron chi connectivity index (χ0n) is 15.3. The Balaban J connectivity index is 1.39. The molecule has 1 heterocycles. The van der Waals surface area contributed by atoms with Crippen LogP contribution in [0.3, 0.4) is 0 Å². The highest BCUT2D eigenvalue weighted by Crippen LogP contribution is 2.23. The second kappa shape index (κ2) is 9.66. The van der Waals surface area contributed by atoms with Crippen molar-refractivity contribution >= 4 is 46.2 Å². The molecular formula is C21H20ClNO4S. The Morgan fingerprint density at radius 2 is 1.93 bits per heavy atom. The van der Waals surface area contributed by atoms with Crippen molar-refractivity contribution in [2.24, 2.45) is 0 Å². The number of para-hydroxylation sites is 1. The average molecular weight is 418 g/mol. The number of esters is 1. The van der Waals surface area contributed by atoms with Crippen LogP contribution in [0.5, 0.6) is 0 Å². The maximum absolute atomic E-state index is 12.0. The Kier molecular flexibility index (Phi) is 7.01. The summed E-state index contributed by atoms with van der Waals surface area (Å²) < 4.78 is 10.8. The van der Waals surface area contributed by atoms with Gasteiger partial charge in [0, 0.05) is 16.2 Å². The molecule has 2 aromatic carbocycles. The van der Waals surface area contributed by atoms with Crippen LogP contribution < -0.4 is 5.32 Å².